The van der Waals surface area contributed by atoms with Gasteiger partial charge in [-0.1, -0.05) is 0 Å². The Bertz CT molecular complexity index is 951. The lowest BCUT2D eigenvalue weighted by Crippen LogP contribution is -2.25. The monoisotopic (exact) mass is 357 g/mol. The third kappa shape index (κ3) is 2.75. The summed E-state index contributed by atoms with van der Waals surface area (Å²) in [6, 6.07) is 3.74. The number of hydrogen-bond acceptors (Lipinski definition) is 5. The summed E-state index contributed by atoms with van der Waals surface area (Å²) < 4.78 is 34.5. The number of fused-ring (bicyclic) bond motifs is 1. The number of imidazole rings is 1. The molecule has 134 valence electrons. The van der Waals surface area contributed by atoms with Gasteiger partial charge in [-0.05, 0) is 12.8 Å². The molecule has 2 aromatic heterocycles. The minimum atomic E-state index is -0.641. The van der Waals surface area contributed by atoms with Gasteiger partial charge in [0.1, 0.15) is 29.8 Å². The van der Waals surface area contributed by atoms with E-state index in [0.29, 0.717) is 12.6 Å². The van der Waals surface area contributed by atoms with Gasteiger partial charge < -0.3 is 14.2 Å². The number of rotatable bonds is 4. The first-order valence-corrected chi connectivity index (χ1v) is 8.72. The Morgan fingerprint density at radius 3 is 2.58 bits per heavy atom. The zero-order valence-corrected chi connectivity index (χ0v) is 14.0. The van der Waals surface area contributed by atoms with E-state index < -0.39 is 11.6 Å². The molecule has 0 radical (unpaired) electrons. The number of hydrogen-bond donors (Lipinski definition) is 0. The first kappa shape index (κ1) is 15.5. The van der Waals surface area contributed by atoms with Crippen molar-refractivity contribution in [3.05, 3.63) is 42.5 Å². The van der Waals surface area contributed by atoms with Gasteiger partial charge in [0, 0.05) is 37.2 Å². The molecule has 0 N–H and O–H groups in total. The molecule has 2 fully saturated rings. The summed E-state index contributed by atoms with van der Waals surface area (Å²) >= 11 is 0. The van der Waals surface area contributed by atoms with Crippen molar-refractivity contribution in [3.63, 3.8) is 0 Å². The molecule has 1 aliphatic carbocycles. The summed E-state index contributed by atoms with van der Waals surface area (Å²) in [6.07, 6.45) is 6.30. The summed E-state index contributed by atoms with van der Waals surface area (Å²) in [6.45, 7) is 1.32. The van der Waals surface area contributed by atoms with Gasteiger partial charge in [0.25, 0.3) is 0 Å². The summed E-state index contributed by atoms with van der Waals surface area (Å²) in [4.78, 5) is 15.4. The minimum Gasteiger partial charge on any atom is -0.488 e. The smallest absolute Gasteiger partial charge is 0.165 e. The highest BCUT2D eigenvalue weighted by Crippen LogP contribution is 2.37. The van der Waals surface area contributed by atoms with Crippen molar-refractivity contribution < 1.29 is 13.5 Å². The van der Waals surface area contributed by atoms with Gasteiger partial charge in [-0.3, -0.25) is 0 Å². The Hall–Kier alpha value is -2.77. The quantitative estimate of drug-likeness (QED) is 0.718. The second kappa shape index (κ2) is 5.89. The maximum Gasteiger partial charge on any atom is 0.165 e. The van der Waals surface area contributed by atoms with Crippen molar-refractivity contribution in [2.45, 2.75) is 31.4 Å². The fourth-order valence-electron chi connectivity index (χ4n) is 3.50. The highest BCUT2D eigenvalue weighted by Gasteiger charge is 2.30. The predicted molar refractivity (Wildman–Crippen MR) is 91.2 cm³/mol. The van der Waals surface area contributed by atoms with Crippen LogP contribution in [0.2, 0.25) is 0 Å². The lowest BCUT2D eigenvalue weighted by Gasteiger charge is -2.18. The van der Waals surface area contributed by atoms with Crippen LogP contribution in [0.4, 0.5) is 14.6 Å². The highest BCUT2D eigenvalue weighted by molar-refractivity contribution is 5.83. The lowest BCUT2D eigenvalue weighted by atomic mass is 10.3. The first-order chi connectivity index (χ1) is 12.7. The Morgan fingerprint density at radius 1 is 1.00 bits per heavy atom. The minimum absolute atomic E-state index is 0.160. The molecule has 26 heavy (non-hydrogen) atoms. The number of anilines is 1. The average Bonchev–Trinajstić information content (AvgIpc) is 3.18. The number of ether oxygens (including phenoxy) is 1. The second-order valence-electron chi connectivity index (χ2n) is 6.83. The van der Waals surface area contributed by atoms with E-state index in [2.05, 4.69) is 24.4 Å². The molecular formula is C18H17F2N5O. The van der Waals surface area contributed by atoms with Crippen LogP contribution >= 0.6 is 0 Å². The van der Waals surface area contributed by atoms with Crippen LogP contribution in [0.1, 0.15) is 25.3 Å². The van der Waals surface area contributed by atoms with Gasteiger partial charge in [-0.15, -0.1) is 0 Å². The van der Waals surface area contributed by atoms with Gasteiger partial charge in [-0.25, -0.2) is 23.7 Å². The van der Waals surface area contributed by atoms with E-state index in [1.54, 1.807) is 6.33 Å². The summed E-state index contributed by atoms with van der Waals surface area (Å²) in [5, 5.41) is 0. The topological polar surface area (TPSA) is 56.1 Å². The van der Waals surface area contributed by atoms with E-state index >= 15 is 0 Å². The Labute approximate surface area is 148 Å². The number of benzene rings is 1. The molecule has 0 amide bonds. The fraction of sp³-hybridized carbons (Fsp3) is 0.389. The molecule has 2 aliphatic rings. The van der Waals surface area contributed by atoms with Crippen molar-refractivity contribution in [1.29, 1.82) is 0 Å². The van der Waals surface area contributed by atoms with Gasteiger partial charge in [0.2, 0.25) is 0 Å². The van der Waals surface area contributed by atoms with Crippen LogP contribution in [0.5, 0.6) is 5.75 Å². The van der Waals surface area contributed by atoms with Crippen molar-refractivity contribution in [2.75, 3.05) is 18.0 Å². The third-order valence-electron chi connectivity index (χ3n) is 4.86. The van der Waals surface area contributed by atoms with E-state index in [0.717, 1.165) is 48.9 Å². The van der Waals surface area contributed by atoms with E-state index in [-0.39, 0.29) is 11.9 Å². The summed E-state index contributed by atoms with van der Waals surface area (Å²) in [7, 11) is 0. The maximum absolute atomic E-state index is 13.3. The fourth-order valence-corrected chi connectivity index (χ4v) is 3.50. The highest BCUT2D eigenvalue weighted by atomic mass is 19.1. The van der Waals surface area contributed by atoms with Crippen LogP contribution in [0, 0.1) is 11.6 Å². The number of nitrogens with zero attached hydrogens (tertiary/aromatic N) is 5. The molecule has 8 heteroatoms. The number of aromatic nitrogens is 4. The average molecular weight is 357 g/mol. The molecule has 1 aliphatic heterocycles. The van der Waals surface area contributed by atoms with Gasteiger partial charge >= 0.3 is 0 Å². The van der Waals surface area contributed by atoms with Gasteiger partial charge in [-0.2, -0.15) is 0 Å². The van der Waals surface area contributed by atoms with Crippen molar-refractivity contribution in [3.8, 4) is 5.75 Å². The van der Waals surface area contributed by atoms with E-state index in [9.17, 15) is 8.78 Å². The molecule has 0 bridgehead atoms. The van der Waals surface area contributed by atoms with Crippen LogP contribution in [0.3, 0.4) is 0 Å². The van der Waals surface area contributed by atoms with Crippen LogP contribution < -0.4 is 9.64 Å². The molecule has 5 rings (SSSR count). The van der Waals surface area contributed by atoms with Crippen molar-refractivity contribution in [2.24, 2.45) is 0 Å². The molecule has 3 heterocycles. The molecule has 1 aromatic carbocycles. The van der Waals surface area contributed by atoms with Crippen molar-refractivity contribution >= 4 is 17.0 Å². The van der Waals surface area contributed by atoms with Crippen LogP contribution in [0.15, 0.2) is 30.9 Å². The largest absolute Gasteiger partial charge is 0.488 e. The Morgan fingerprint density at radius 2 is 1.81 bits per heavy atom. The zero-order chi connectivity index (χ0) is 17.7. The molecule has 1 unspecified atom stereocenters. The van der Waals surface area contributed by atoms with E-state index in [1.807, 2.05) is 6.33 Å². The van der Waals surface area contributed by atoms with Gasteiger partial charge in [0.15, 0.2) is 17.0 Å². The second-order valence-corrected chi connectivity index (χ2v) is 6.83. The zero-order valence-electron chi connectivity index (χ0n) is 14.0. The Kier molecular flexibility index (Phi) is 3.51. The Balaban J connectivity index is 1.36. The van der Waals surface area contributed by atoms with Crippen LogP contribution in [-0.4, -0.2) is 38.7 Å². The SMILES string of the molecule is Fc1cc(F)cc(OC2CCN(c3ncnc4c3ncn4C3CC3)C2)c1. The maximum atomic E-state index is 13.3. The molecule has 6 nitrogen and oxygen atoms in total. The van der Waals surface area contributed by atoms with Gasteiger partial charge in [0.05, 0.1) is 12.9 Å². The number of halogens is 2. The van der Waals surface area contributed by atoms with E-state index in [4.69, 9.17) is 4.74 Å². The van der Waals surface area contributed by atoms with Crippen LogP contribution in [0.25, 0.3) is 11.2 Å². The molecule has 1 saturated heterocycles. The molecule has 1 atom stereocenters. The summed E-state index contributed by atoms with van der Waals surface area (Å²) in [5.41, 5.74) is 1.64. The summed E-state index contributed by atoms with van der Waals surface area (Å²) in [5.74, 6) is -0.290. The van der Waals surface area contributed by atoms with E-state index in [1.165, 1.54) is 12.1 Å². The first-order valence-electron chi connectivity index (χ1n) is 8.72. The van der Waals surface area contributed by atoms with Crippen LogP contribution in [-0.2, 0) is 0 Å². The molecule has 3 aromatic rings. The molecule has 1 saturated carbocycles. The lowest BCUT2D eigenvalue weighted by molar-refractivity contribution is 0.223. The molecular weight excluding hydrogens is 340 g/mol. The standard InChI is InChI=1S/C18H17F2N5O/c19-11-5-12(20)7-15(6-11)26-14-3-4-24(8-14)17-16-18(22-9-21-17)25(10-23-16)13-1-2-13/h5-7,9-10,13-14H,1-4,8H2. The molecule has 0 spiro atoms. The van der Waals surface area contributed by atoms with Crippen molar-refractivity contribution in [1.82, 2.24) is 19.5 Å². The normalized spacial score (nSPS) is 20.1. The third-order valence-corrected chi connectivity index (χ3v) is 4.86. The predicted octanol–water partition coefficient (Wildman–Crippen LogP) is 3.10.